The van der Waals surface area contributed by atoms with Gasteiger partial charge in [0.25, 0.3) is 0 Å². The molecule has 7 heteroatoms. The maximum absolute atomic E-state index is 12.3. The largest absolute Gasteiger partial charge is 0.350 e. The van der Waals surface area contributed by atoms with E-state index in [1.165, 1.54) is 0 Å². The van der Waals surface area contributed by atoms with E-state index in [4.69, 9.17) is 11.6 Å². The van der Waals surface area contributed by atoms with Crippen molar-refractivity contribution in [1.82, 2.24) is 15.5 Å². The zero-order chi connectivity index (χ0) is 18.9. The van der Waals surface area contributed by atoms with Gasteiger partial charge < -0.3 is 10.6 Å². The number of hydrogen-bond acceptors (Lipinski definition) is 4. The van der Waals surface area contributed by atoms with Crippen molar-refractivity contribution >= 4 is 34.8 Å². The van der Waals surface area contributed by atoms with Crippen molar-refractivity contribution in [3.05, 3.63) is 57.2 Å². The summed E-state index contributed by atoms with van der Waals surface area (Å²) in [7, 11) is 0. The topological polar surface area (TPSA) is 61.4 Å². The van der Waals surface area contributed by atoms with E-state index in [0.29, 0.717) is 18.1 Å². The van der Waals surface area contributed by atoms with E-state index in [1.54, 1.807) is 23.5 Å². The molecule has 1 atom stereocenters. The van der Waals surface area contributed by atoms with Gasteiger partial charge in [-0.15, -0.1) is 11.3 Å². The number of halogens is 1. The van der Waals surface area contributed by atoms with E-state index < -0.39 is 0 Å². The second kappa shape index (κ2) is 10.3. The summed E-state index contributed by atoms with van der Waals surface area (Å²) < 4.78 is 0. The number of nitrogens with zero attached hydrogens (tertiary/aromatic N) is 1. The van der Waals surface area contributed by atoms with Gasteiger partial charge in [0.1, 0.15) is 0 Å². The van der Waals surface area contributed by atoms with Gasteiger partial charge in [-0.3, -0.25) is 14.5 Å². The highest BCUT2D eigenvalue weighted by molar-refractivity contribution is 7.09. The molecule has 1 aromatic carbocycles. The van der Waals surface area contributed by atoms with Crippen molar-refractivity contribution in [3.8, 4) is 0 Å². The average Bonchev–Trinajstić information content (AvgIpc) is 3.13. The van der Waals surface area contributed by atoms with Crippen molar-refractivity contribution in [3.63, 3.8) is 0 Å². The summed E-state index contributed by atoms with van der Waals surface area (Å²) in [6.45, 7) is 5.38. The lowest BCUT2D eigenvalue weighted by Gasteiger charge is -2.21. The van der Waals surface area contributed by atoms with Crippen LogP contribution in [-0.4, -0.2) is 36.3 Å². The molecule has 0 spiro atoms. The first-order valence-corrected chi connectivity index (χ1v) is 9.80. The Morgan fingerprint density at radius 3 is 2.46 bits per heavy atom. The number of carbonyl (C=O) groups is 2. The quantitative estimate of drug-likeness (QED) is 0.687. The highest BCUT2D eigenvalue weighted by Crippen LogP contribution is 2.15. The summed E-state index contributed by atoms with van der Waals surface area (Å²) in [4.78, 5) is 27.3. The molecular weight excluding hydrogens is 370 g/mol. The van der Waals surface area contributed by atoms with E-state index in [0.717, 1.165) is 10.4 Å². The number of hydrogen-bond donors (Lipinski definition) is 2. The summed E-state index contributed by atoms with van der Waals surface area (Å²) in [5.74, 6) is -0.195. The molecule has 140 valence electrons. The second-order valence-electron chi connectivity index (χ2n) is 6.00. The molecule has 0 aliphatic rings. The van der Waals surface area contributed by atoms with Crippen LogP contribution in [0.1, 0.15) is 30.3 Å². The smallest absolute Gasteiger partial charge is 0.234 e. The maximum atomic E-state index is 12.3. The molecular formula is C19H24ClN3O2S. The van der Waals surface area contributed by atoms with Crippen LogP contribution in [0.4, 0.5) is 0 Å². The van der Waals surface area contributed by atoms with Crippen molar-refractivity contribution < 1.29 is 9.59 Å². The molecule has 2 amide bonds. The molecule has 0 radical (unpaired) electrons. The molecule has 2 aromatic rings. The van der Waals surface area contributed by atoms with Crippen molar-refractivity contribution in [2.75, 3.05) is 19.6 Å². The van der Waals surface area contributed by atoms with Gasteiger partial charge in [0.2, 0.25) is 11.8 Å². The third-order valence-electron chi connectivity index (χ3n) is 3.97. The molecule has 0 aliphatic heterocycles. The standard InChI is InChI=1S/C19H24ClN3O2S/c1-3-23(12-18(24)21-11-17-5-4-10-26-17)13-19(25)22-14(2)15-6-8-16(20)9-7-15/h4-10,14H,3,11-13H2,1-2H3,(H,21,24)(H,22,25)/t14-/m1/s1. The van der Waals surface area contributed by atoms with Crippen LogP contribution < -0.4 is 10.6 Å². The van der Waals surface area contributed by atoms with E-state index in [-0.39, 0.29) is 30.9 Å². The number of carbonyl (C=O) groups excluding carboxylic acids is 2. The van der Waals surface area contributed by atoms with Crippen LogP contribution >= 0.6 is 22.9 Å². The fourth-order valence-electron chi connectivity index (χ4n) is 2.46. The highest BCUT2D eigenvalue weighted by atomic mass is 35.5. The first-order valence-electron chi connectivity index (χ1n) is 8.54. The average molecular weight is 394 g/mol. The van der Waals surface area contributed by atoms with Gasteiger partial charge in [-0.2, -0.15) is 0 Å². The minimum Gasteiger partial charge on any atom is -0.350 e. The van der Waals surface area contributed by atoms with Gasteiger partial charge in [0, 0.05) is 9.90 Å². The molecule has 0 saturated carbocycles. The molecule has 1 heterocycles. The molecule has 2 N–H and O–H groups in total. The Balaban J connectivity index is 1.77. The summed E-state index contributed by atoms with van der Waals surface area (Å²) >= 11 is 7.49. The lowest BCUT2D eigenvalue weighted by molar-refractivity contribution is -0.125. The zero-order valence-corrected chi connectivity index (χ0v) is 16.6. The summed E-state index contributed by atoms with van der Waals surface area (Å²) in [6.07, 6.45) is 0. The zero-order valence-electron chi connectivity index (χ0n) is 15.0. The van der Waals surface area contributed by atoms with Crippen molar-refractivity contribution in [1.29, 1.82) is 0 Å². The number of rotatable bonds is 9. The SMILES string of the molecule is CCN(CC(=O)NCc1cccs1)CC(=O)N[C@H](C)c1ccc(Cl)cc1. The number of nitrogens with one attached hydrogen (secondary N) is 2. The number of thiophene rings is 1. The van der Waals surface area contributed by atoms with Crippen molar-refractivity contribution in [2.45, 2.75) is 26.4 Å². The Morgan fingerprint density at radius 2 is 1.85 bits per heavy atom. The normalized spacial score (nSPS) is 12.0. The first-order chi connectivity index (χ1) is 12.5. The van der Waals surface area contributed by atoms with Gasteiger partial charge in [-0.25, -0.2) is 0 Å². The fraction of sp³-hybridized carbons (Fsp3) is 0.368. The van der Waals surface area contributed by atoms with Crippen LogP contribution in [0.15, 0.2) is 41.8 Å². The summed E-state index contributed by atoms with van der Waals surface area (Å²) in [6, 6.07) is 11.2. The maximum Gasteiger partial charge on any atom is 0.234 e. The van der Waals surface area contributed by atoms with Gasteiger partial charge in [0.15, 0.2) is 0 Å². The van der Waals surface area contributed by atoms with Crippen LogP contribution in [0.3, 0.4) is 0 Å². The molecule has 26 heavy (non-hydrogen) atoms. The third kappa shape index (κ3) is 6.78. The molecule has 0 fully saturated rings. The Kier molecular flexibility index (Phi) is 8.09. The Labute approximate surface area is 163 Å². The molecule has 2 rings (SSSR count). The summed E-state index contributed by atoms with van der Waals surface area (Å²) in [5, 5.41) is 8.48. The van der Waals surface area contributed by atoms with Crippen LogP contribution in [0.25, 0.3) is 0 Å². The molecule has 0 saturated heterocycles. The Hall–Kier alpha value is -1.89. The lowest BCUT2D eigenvalue weighted by Crippen LogP contribution is -2.43. The van der Waals surface area contributed by atoms with E-state index in [9.17, 15) is 9.59 Å². The molecule has 0 aliphatic carbocycles. The number of likely N-dealkylation sites (N-methyl/N-ethyl adjacent to an activating group) is 1. The molecule has 0 bridgehead atoms. The van der Waals surface area contributed by atoms with Gasteiger partial charge in [-0.1, -0.05) is 36.7 Å². The minimum atomic E-state index is -0.119. The van der Waals surface area contributed by atoms with Crippen LogP contribution in [-0.2, 0) is 16.1 Å². The predicted octanol–water partition coefficient (Wildman–Crippen LogP) is 3.22. The molecule has 5 nitrogen and oxygen atoms in total. The highest BCUT2D eigenvalue weighted by Gasteiger charge is 2.15. The predicted molar refractivity (Wildman–Crippen MR) is 106 cm³/mol. The fourth-order valence-corrected chi connectivity index (χ4v) is 3.23. The van der Waals surface area contributed by atoms with Gasteiger partial charge in [-0.05, 0) is 42.6 Å². The van der Waals surface area contributed by atoms with E-state index >= 15 is 0 Å². The lowest BCUT2D eigenvalue weighted by atomic mass is 10.1. The van der Waals surface area contributed by atoms with Crippen molar-refractivity contribution in [2.24, 2.45) is 0 Å². The minimum absolute atomic E-state index is 0.0844. The molecule has 1 aromatic heterocycles. The number of benzene rings is 1. The second-order valence-corrected chi connectivity index (χ2v) is 7.47. The number of amides is 2. The summed E-state index contributed by atoms with van der Waals surface area (Å²) in [5.41, 5.74) is 0.986. The molecule has 0 unspecified atom stereocenters. The van der Waals surface area contributed by atoms with Crippen LogP contribution in [0.2, 0.25) is 5.02 Å². The van der Waals surface area contributed by atoms with Crippen LogP contribution in [0.5, 0.6) is 0 Å². The van der Waals surface area contributed by atoms with Gasteiger partial charge in [0.05, 0.1) is 25.7 Å². The van der Waals surface area contributed by atoms with Gasteiger partial charge >= 0.3 is 0 Å². The van der Waals surface area contributed by atoms with E-state index in [2.05, 4.69) is 10.6 Å². The van der Waals surface area contributed by atoms with E-state index in [1.807, 2.05) is 48.4 Å². The Bertz CT molecular complexity index is 704. The third-order valence-corrected chi connectivity index (χ3v) is 5.10. The van der Waals surface area contributed by atoms with Crippen LogP contribution in [0, 0.1) is 0 Å². The first kappa shape index (κ1) is 20.4. The monoisotopic (exact) mass is 393 g/mol. The Morgan fingerprint density at radius 1 is 1.15 bits per heavy atom.